The summed E-state index contributed by atoms with van der Waals surface area (Å²) in [5.41, 5.74) is 10.6. The first kappa shape index (κ1) is 23.1. The van der Waals surface area contributed by atoms with Crippen molar-refractivity contribution >= 4 is 15.9 Å². The maximum absolute atomic E-state index is 3.77. The maximum atomic E-state index is 3.77. The van der Waals surface area contributed by atoms with Crippen molar-refractivity contribution in [1.29, 1.82) is 0 Å². The Balaban J connectivity index is 2.01. The summed E-state index contributed by atoms with van der Waals surface area (Å²) in [6.07, 6.45) is 0. The number of rotatable bonds is 2. The Kier molecular flexibility index (Phi) is 5.41. The third-order valence-corrected chi connectivity index (χ3v) is 7.76. The van der Waals surface area contributed by atoms with Gasteiger partial charge < -0.3 is 0 Å². The van der Waals surface area contributed by atoms with Crippen LogP contribution in [0.3, 0.4) is 0 Å². The summed E-state index contributed by atoms with van der Waals surface area (Å²) in [7, 11) is 0. The van der Waals surface area contributed by atoms with Gasteiger partial charge in [0.1, 0.15) is 0 Å². The van der Waals surface area contributed by atoms with Crippen molar-refractivity contribution in [1.82, 2.24) is 0 Å². The van der Waals surface area contributed by atoms with Crippen molar-refractivity contribution in [3.8, 4) is 11.1 Å². The molecule has 0 atom stereocenters. The van der Waals surface area contributed by atoms with E-state index < -0.39 is 0 Å². The second-order valence-corrected chi connectivity index (χ2v) is 12.5. The number of hydrogen-bond acceptors (Lipinski definition) is 0. The van der Waals surface area contributed by atoms with Gasteiger partial charge in [-0.15, -0.1) is 0 Å². The molecule has 0 amide bonds. The van der Waals surface area contributed by atoms with E-state index in [1.165, 1.54) is 44.5 Å². The van der Waals surface area contributed by atoms with Gasteiger partial charge in [-0.3, -0.25) is 0 Å². The smallest absolute Gasteiger partial charge is 0.0622 e. The summed E-state index contributed by atoms with van der Waals surface area (Å²) in [4.78, 5) is 0. The fourth-order valence-corrected chi connectivity index (χ4v) is 6.11. The van der Waals surface area contributed by atoms with Crippen LogP contribution in [0.25, 0.3) is 11.1 Å². The molecule has 0 unspecified atom stereocenters. The van der Waals surface area contributed by atoms with Gasteiger partial charge in [0.15, 0.2) is 0 Å². The molecule has 0 spiro atoms. The SMILES string of the molecule is CC(C)(C)c1cc2c(cc1C(C)(C)C)C(c1ccccc1)(c1ccccc1)c1ccc(Br)cc1-2. The molecule has 0 aliphatic heterocycles. The molecule has 4 aromatic carbocycles. The molecule has 0 aromatic heterocycles. The standard InChI is InChI=1S/C33H33Br/c1-31(2,3)29-20-26-25-19-24(34)17-18-27(25)33(22-13-9-7-10-14-22,23-15-11-8-12-16-23)28(26)21-30(29)32(4,5)6/h7-21H,1-6H3. The van der Waals surface area contributed by atoms with Gasteiger partial charge >= 0.3 is 0 Å². The van der Waals surface area contributed by atoms with E-state index in [9.17, 15) is 0 Å². The zero-order chi connectivity index (χ0) is 24.3. The highest BCUT2D eigenvalue weighted by Gasteiger charge is 2.47. The molecule has 0 fully saturated rings. The summed E-state index contributed by atoms with van der Waals surface area (Å²) in [5.74, 6) is 0. The minimum absolute atomic E-state index is 0.0338. The molecular formula is C33H33Br. The fourth-order valence-electron chi connectivity index (χ4n) is 5.75. The normalized spacial score (nSPS) is 14.6. The molecule has 34 heavy (non-hydrogen) atoms. The van der Waals surface area contributed by atoms with Crippen molar-refractivity contribution in [3.63, 3.8) is 0 Å². The zero-order valence-corrected chi connectivity index (χ0v) is 22.6. The van der Waals surface area contributed by atoms with Gasteiger partial charge in [-0.05, 0) is 73.5 Å². The maximum Gasteiger partial charge on any atom is 0.0713 e. The van der Waals surface area contributed by atoms with Crippen LogP contribution in [0.15, 0.2) is 95.5 Å². The first-order valence-corrected chi connectivity index (χ1v) is 12.9. The summed E-state index contributed by atoms with van der Waals surface area (Å²) in [6.45, 7) is 14.0. The fraction of sp³-hybridized carbons (Fsp3) is 0.273. The van der Waals surface area contributed by atoms with E-state index in [0.29, 0.717) is 0 Å². The van der Waals surface area contributed by atoms with Gasteiger partial charge in [-0.25, -0.2) is 0 Å². The predicted octanol–water partition coefficient (Wildman–Crippen LogP) is 9.41. The molecule has 0 N–H and O–H groups in total. The van der Waals surface area contributed by atoms with Gasteiger partial charge in [0.25, 0.3) is 0 Å². The highest BCUT2D eigenvalue weighted by molar-refractivity contribution is 9.10. The van der Waals surface area contributed by atoms with E-state index >= 15 is 0 Å². The van der Waals surface area contributed by atoms with Gasteiger partial charge in [-0.1, -0.05) is 130 Å². The van der Waals surface area contributed by atoms with E-state index in [1.54, 1.807) is 0 Å². The lowest BCUT2D eigenvalue weighted by Gasteiger charge is -2.36. The number of halogens is 1. The third-order valence-electron chi connectivity index (χ3n) is 7.27. The minimum atomic E-state index is -0.357. The lowest BCUT2D eigenvalue weighted by Crippen LogP contribution is -2.30. The van der Waals surface area contributed by atoms with E-state index in [2.05, 4.69) is 148 Å². The summed E-state index contributed by atoms with van der Waals surface area (Å²) in [6, 6.07) is 33.9. The number of benzene rings is 4. The Bertz CT molecular complexity index is 1310. The molecule has 4 aromatic rings. The Morgan fingerprint density at radius 3 is 1.50 bits per heavy atom. The molecular weight excluding hydrogens is 476 g/mol. The third kappa shape index (κ3) is 3.48. The minimum Gasteiger partial charge on any atom is -0.0622 e. The van der Waals surface area contributed by atoms with E-state index in [0.717, 1.165) is 4.47 Å². The molecule has 0 radical (unpaired) electrons. The molecule has 1 aliphatic rings. The van der Waals surface area contributed by atoms with Crippen molar-refractivity contribution < 1.29 is 0 Å². The van der Waals surface area contributed by atoms with Crippen LogP contribution < -0.4 is 0 Å². The van der Waals surface area contributed by atoms with Crippen LogP contribution in [-0.4, -0.2) is 0 Å². The first-order chi connectivity index (χ1) is 16.0. The molecule has 5 rings (SSSR count). The molecule has 0 saturated heterocycles. The quantitative estimate of drug-likeness (QED) is 0.222. The van der Waals surface area contributed by atoms with Crippen molar-refractivity contribution in [2.45, 2.75) is 57.8 Å². The molecule has 1 heteroatoms. The lowest BCUT2D eigenvalue weighted by atomic mass is 9.66. The largest absolute Gasteiger partial charge is 0.0713 e. The highest BCUT2D eigenvalue weighted by atomic mass is 79.9. The Morgan fingerprint density at radius 1 is 0.529 bits per heavy atom. The topological polar surface area (TPSA) is 0 Å². The summed E-state index contributed by atoms with van der Waals surface area (Å²) in [5, 5.41) is 0. The molecule has 0 bridgehead atoms. The lowest BCUT2D eigenvalue weighted by molar-refractivity contribution is 0.529. The van der Waals surface area contributed by atoms with Gasteiger partial charge in [-0.2, -0.15) is 0 Å². The highest BCUT2D eigenvalue weighted by Crippen LogP contribution is 2.58. The monoisotopic (exact) mass is 508 g/mol. The predicted molar refractivity (Wildman–Crippen MR) is 149 cm³/mol. The summed E-state index contributed by atoms with van der Waals surface area (Å²) < 4.78 is 1.12. The molecule has 0 saturated carbocycles. The van der Waals surface area contributed by atoms with Crippen molar-refractivity contribution in [2.24, 2.45) is 0 Å². The van der Waals surface area contributed by atoms with Gasteiger partial charge in [0.2, 0.25) is 0 Å². The molecule has 1 aliphatic carbocycles. The average Bonchev–Trinajstić information content (AvgIpc) is 3.08. The second-order valence-electron chi connectivity index (χ2n) is 11.6. The van der Waals surface area contributed by atoms with Crippen LogP contribution in [0.2, 0.25) is 0 Å². The summed E-state index contributed by atoms with van der Waals surface area (Å²) >= 11 is 3.77. The Hall–Kier alpha value is -2.64. The first-order valence-electron chi connectivity index (χ1n) is 12.2. The van der Waals surface area contributed by atoms with Crippen molar-refractivity contribution in [2.75, 3.05) is 0 Å². The van der Waals surface area contributed by atoms with Crippen molar-refractivity contribution in [3.05, 3.63) is 129 Å². The van der Waals surface area contributed by atoms with Crippen LogP contribution >= 0.6 is 15.9 Å². The number of fused-ring (bicyclic) bond motifs is 3. The van der Waals surface area contributed by atoms with Crippen LogP contribution in [-0.2, 0) is 16.2 Å². The Labute approximate surface area is 213 Å². The van der Waals surface area contributed by atoms with Crippen LogP contribution in [0.1, 0.15) is 74.9 Å². The molecule has 0 heterocycles. The van der Waals surface area contributed by atoms with Crippen LogP contribution in [0, 0.1) is 0 Å². The zero-order valence-electron chi connectivity index (χ0n) is 21.0. The second kappa shape index (κ2) is 7.95. The van der Waals surface area contributed by atoms with Crippen LogP contribution in [0.4, 0.5) is 0 Å². The van der Waals surface area contributed by atoms with E-state index in [1.807, 2.05) is 0 Å². The average molecular weight is 510 g/mol. The van der Waals surface area contributed by atoms with E-state index in [4.69, 9.17) is 0 Å². The number of hydrogen-bond donors (Lipinski definition) is 0. The van der Waals surface area contributed by atoms with Gasteiger partial charge in [0, 0.05) is 4.47 Å². The van der Waals surface area contributed by atoms with Gasteiger partial charge in [0.05, 0.1) is 5.41 Å². The van der Waals surface area contributed by atoms with E-state index in [-0.39, 0.29) is 16.2 Å². The molecule has 0 nitrogen and oxygen atoms in total. The molecule has 172 valence electrons. The Morgan fingerprint density at radius 2 is 1.00 bits per heavy atom. The van der Waals surface area contributed by atoms with Crippen LogP contribution in [0.5, 0.6) is 0 Å².